The lowest BCUT2D eigenvalue weighted by Crippen LogP contribution is -2.33. The van der Waals surface area contributed by atoms with Gasteiger partial charge in [-0.05, 0) is 30.5 Å². The van der Waals surface area contributed by atoms with Gasteiger partial charge in [-0.1, -0.05) is 60.7 Å². The molecule has 0 unspecified atom stereocenters. The van der Waals surface area contributed by atoms with Crippen molar-refractivity contribution < 1.29 is 14.3 Å². The van der Waals surface area contributed by atoms with E-state index >= 15 is 0 Å². The van der Waals surface area contributed by atoms with E-state index < -0.39 is 18.5 Å². The van der Waals surface area contributed by atoms with Crippen LogP contribution >= 0.6 is 0 Å². The molecule has 2 heterocycles. The first-order valence-corrected chi connectivity index (χ1v) is 9.84. The minimum absolute atomic E-state index is 0.140. The van der Waals surface area contributed by atoms with Crippen molar-refractivity contribution in [2.45, 2.75) is 19.4 Å². The van der Waals surface area contributed by atoms with Gasteiger partial charge >= 0.3 is 5.97 Å². The number of carbonyl (C=O) groups is 2. The van der Waals surface area contributed by atoms with Gasteiger partial charge in [0.05, 0.1) is 6.04 Å². The first-order chi connectivity index (χ1) is 15.1. The first kappa shape index (κ1) is 20.2. The number of nitrogens with one attached hydrogen (secondary N) is 1. The van der Waals surface area contributed by atoms with E-state index in [0.29, 0.717) is 12.2 Å². The normalized spacial score (nSPS) is 11.8. The molecule has 0 bridgehead atoms. The molecule has 4 rings (SSSR count). The number of aryl methyl sites for hydroxylation is 1. The quantitative estimate of drug-likeness (QED) is 0.466. The van der Waals surface area contributed by atoms with Crippen LogP contribution in [0, 0.1) is 6.92 Å². The molecule has 31 heavy (non-hydrogen) atoms. The smallest absolute Gasteiger partial charge is 0.378 e. The molecular formula is C23H21N5O3. The van der Waals surface area contributed by atoms with Crippen LogP contribution in [0.3, 0.4) is 0 Å². The molecule has 1 atom stereocenters. The molecule has 156 valence electrons. The summed E-state index contributed by atoms with van der Waals surface area (Å²) in [6, 6.07) is 21.0. The summed E-state index contributed by atoms with van der Waals surface area (Å²) in [6.07, 6.45) is 2.20. The number of aromatic nitrogens is 4. The fourth-order valence-electron chi connectivity index (χ4n) is 3.21. The standard InChI is InChI=1S/C23H21N5O3/c1-16-12-13-24-23-26-21(27-28(16)23)22(30)31-15-20(29)25-19(18-10-6-3-7-11-18)14-17-8-4-2-5-9-17/h2-13,19H,14-15H2,1H3,(H,25,29)/t19-/m1/s1. The van der Waals surface area contributed by atoms with Crippen molar-refractivity contribution in [1.29, 1.82) is 0 Å². The molecule has 0 fully saturated rings. The number of nitrogens with zero attached hydrogens (tertiary/aromatic N) is 4. The highest BCUT2D eigenvalue weighted by Crippen LogP contribution is 2.18. The second-order valence-electron chi connectivity index (χ2n) is 7.03. The number of hydrogen-bond acceptors (Lipinski definition) is 6. The van der Waals surface area contributed by atoms with E-state index in [1.54, 1.807) is 12.3 Å². The van der Waals surface area contributed by atoms with Gasteiger partial charge in [0.25, 0.3) is 17.5 Å². The fraction of sp³-hybridized carbons (Fsp3) is 0.174. The third kappa shape index (κ3) is 4.92. The number of carbonyl (C=O) groups excluding carboxylic acids is 2. The highest BCUT2D eigenvalue weighted by molar-refractivity contribution is 5.88. The van der Waals surface area contributed by atoms with Gasteiger partial charge in [-0.2, -0.15) is 4.98 Å². The van der Waals surface area contributed by atoms with Crippen LogP contribution in [0.4, 0.5) is 0 Å². The minimum atomic E-state index is -0.778. The number of benzene rings is 2. The summed E-state index contributed by atoms with van der Waals surface area (Å²) in [7, 11) is 0. The second kappa shape index (κ2) is 9.17. The Labute approximate surface area is 178 Å². The van der Waals surface area contributed by atoms with Crippen molar-refractivity contribution in [1.82, 2.24) is 24.9 Å². The molecular weight excluding hydrogens is 394 g/mol. The number of esters is 1. The van der Waals surface area contributed by atoms with Gasteiger partial charge in [0.1, 0.15) is 0 Å². The van der Waals surface area contributed by atoms with Crippen LogP contribution in [0.1, 0.15) is 33.5 Å². The molecule has 2 aromatic carbocycles. The lowest BCUT2D eigenvalue weighted by molar-refractivity contribution is -0.125. The average molecular weight is 415 g/mol. The average Bonchev–Trinajstić information content (AvgIpc) is 3.24. The number of hydrogen-bond donors (Lipinski definition) is 1. The van der Waals surface area contributed by atoms with Gasteiger partial charge in [-0.15, -0.1) is 5.10 Å². The van der Waals surface area contributed by atoms with E-state index in [4.69, 9.17) is 4.74 Å². The summed E-state index contributed by atoms with van der Waals surface area (Å²) in [6.45, 7) is 1.39. The van der Waals surface area contributed by atoms with Crippen molar-refractivity contribution >= 4 is 17.7 Å². The molecule has 0 aliphatic heterocycles. The van der Waals surface area contributed by atoms with Crippen LogP contribution in [-0.2, 0) is 16.0 Å². The molecule has 0 saturated carbocycles. The van der Waals surface area contributed by atoms with Crippen molar-refractivity contribution in [3.05, 3.63) is 95.6 Å². The molecule has 1 N–H and O–H groups in total. The van der Waals surface area contributed by atoms with Gasteiger partial charge < -0.3 is 10.1 Å². The molecule has 8 nitrogen and oxygen atoms in total. The van der Waals surface area contributed by atoms with E-state index in [1.807, 2.05) is 67.6 Å². The maximum absolute atomic E-state index is 12.5. The Hall–Kier alpha value is -4.07. The van der Waals surface area contributed by atoms with Crippen molar-refractivity contribution in [3.63, 3.8) is 0 Å². The summed E-state index contributed by atoms with van der Waals surface area (Å²) in [5, 5.41) is 7.04. The zero-order valence-corrected chi connectivity index (χ0v) is 16.9. The Morgan fingerprint density at radius 2 is 1.74 bits per heavy atom. The molecule has 0 aliphatic carbocycles. The Bertz CT molecular complexity index is 1190. The molecule has 2 aromatic heterocycles. The fourth-order valence-corrected chi connectivity index (χ4v) is 3.21. The molecule has 0 saturated heterocycles. The van der Waals surface area contributed by atoms with E-state index in [0.717, 1.165) is 16.8 Å². The molecule has 4 aromatic rings. The van der Waals surface area contributed by atoms with Gasteiger partial charge in [0, 0.05) is 11.9 Å². The number of ether oxygens (including phenoxy) is 1. The zero-order chi connectivity index (χ0) is 21.6. The van der Waals surface area contributed by atoms with Crippen molar-refractivity contribution in [2.75, 3.05) is 6.61 Å². The predicted octanol–water partition coefficient (Wildman–Crippen LogP) is 2.69. The summed E-state index contributed by atoms with van der Waals surface area (Å²) >= 11 is 0. The third-order valence-corrected chi connectivity index (χ3v) is 4.77. The van der Waals surface area contributed by atoms with Crippen LogP contribution in [0.15, 0.2) is 72.9 Å². The molecule has 1 amide bonds. The second-order valence-corrected chi connectivity index (χ2v) is 7.03. The van der Waals surface area contributed by atoms with E-state index in [1.165, 1.54) is 4.52 Å². The Balaban J connectivity index is 1.41. The monoisotopic (exact) mass is 415 g/mol. The topological polar surface area (TPSA) is 98.5 Å². The lowest BCUT2D eigenvalue weighted by Gasteiger charge is -2.19. The van der Waals surface area contributed by atoms with Crippen molar-refractivity contribution in [3.8, 4) is 0 Å². The summed E-state index contributed by atoms with van der Waals surface area (Å²) in [5.41, 5.74) is 2.83. The molecule has 0 aliphatic rings. The number of amides is 1. The van der Waals surface area contributed by atoms with Crippen LogP contribution in [0.2, 0.25) is 0 Å². The van der Waals surface area contributed by atoms with Crippen LogP contribution < -0.4 is 5.32 Å². The lowest BCUT2D eigenvalue weighted by atomic mass is 9.99. The van der Waals surface area contributed by atoms with E-state index in [9.17, 15) is 9.59 Å². The van der Waals surface area contributed by atoms with Gasteiger partial charge in [0.2, 0.25) is 0 Å². The SMILES string of the molecule is Cc1ccnc2nc(C(=O)OCC(=O)N[C@H](Cc3ccccc3)c3ccccc3)nn12. The van der Waals surface area contributed by atoms with Crippen LogP contribution in [-0.4, -0.2) is 38.1 Å². The summed E-state index contributed by atoms with van der Waals surface area (Å²) < 4.78 is 6.58. The Kier molecular flexibility index (Phi) is 5.98. The highest BCUT2D eigenvalue weighted by Gasteiger charge is 2.19. The molecule has 0 spiro atoms. The summed E-state index contributed by atoms with van der Waals surface area (Å²) in [5.74, 6) is -1.03. The first-order valence-electron chi connectivity index (χ1n) is 9.84. The molecule has 8 heteroatoms. The summed E-state index contributed by atoms with van der Waals surface area (Å²) in [4.78, 5) is 32.9. The minimum Gasteiger partial charge on any atom is -0.450 e. The predicted molar refractivity (Wildman–Crippen MR) is 113 cm³/mol. The van der Waals surface area contributed by atoms with Crippen LogP contribution in [0.25, 0.3) is 5.78 Å². The Morgan fingerprint density at radius 1 is 1.03 bits per heavy atom. The Morgan fingerprint density at radius 3 is 2.45 bits per heavy atom. The van der Waals surface area contributed by atoms with E-state index in [-0.39, 0.29) is 11.9 Å². The zero-order valence-electron chi connectivity index (χ0n) is 16.9. The highest BCUT2D eigenvalue weighted by atomic mass is 16.5. The largest absolute Gasteiger partial charge is 0.450 e. The van der Waals surface area contributed by atoms with E-state index in [2.05, 4.69) is 20.4 Å². The van der Waals surface area contributed by atoms with Gasteiger partial charge in [-0.25, -0.2) is 14.3 Å². The maximum atomic E-state index is 12.5. The third-order valence-electron chi connectivity index (χ3n) is 4.77. The number of rotatable bonds is 7. The van der Waals surface area contributed by atoms with Gasteiger partial charge in [0.15, 0.2) is 6.61 Å². The van der Waals surface area contributed by atoms with Gasteiger partial charge in [-0.3, -0.25) is 4.79 Å². The molecule has 0 radical (unpaired) electrons. The van der Waals surface area contributed by atoms with Crippen molar-refractivity contribution in [2.24, 2.45) is 0 Å². The number of fused-ring (bicyclic) bond motifs is 1. The maximum Gasteiger partial charge on any atom is 0.378 e. The van der Waals surface area contributed by atoms with Crippen LogP contribution in [0.5, 0.6) is 0 Å².